The fourth-order valence-corrected chi connectivity index (χ4v) is 10.9. The van der Waals surface area contributed by atoms with E-state index in [0.717, 1.165) is 38.5 Å². The zero-order chi connectivity index (χ0) is 32.3. The van der Waals surface area contributed by atoms with Gasteiger partial charge in [0.15, 0.2) is 0 Å². The van der Waals surface area contributed by atoms with E-state index in [9.17, 15) is 0 Å². The van der Waals surface area contributed by atoms with E-state index in [1.165, 1.54) is 65.8 Å². The molecule has 4 atom stereocenters. The van der Waals surface area contributed by atoms with Crippen LogP contribution in [0.3, 0.4) is 0 Å². The van der Waals surface area contributed by atoms with Crippen LogP contribution in [0.25, 0.3) is 39.6 Å². The first-order valence-electron chi connectivity index (χ1n) is 18.3. The Morgan fingerprint density at radius 3 is 2.31 bits per heavy atom. The summed E-state index contributed by atoms with van der Waals surface area (Å²) in [6, 6.07) is 23.2. The Morgan fingerprint density at radius 2 is 1.45 bits per heavy atom. The van der Waals surface area contributed by atoms with Gasteiger partial charge in [-0.05, 0) is 117 Å². The predicted octanol–water partition coefficient (Wildman–Crippen LogP) is 12.7. The number of hydrogen-bond acceptors (Lipinski definition) is 1. The van der Waals surface area contributed by atoms with Gasteiger partial charge in [0.1, 0.15) is 0 Å². The summed E-state index contributed by atoms with van der Waals surface area (Å²) >= 11 is 2.05. The van der Waals surface area contributed by atoms with Gasteiger partial charge in [0.05, 0.1) is 0 Å². The summed E-state index contributed by atoms with van der Waals surface area (Å²) in [4.78, 5) is 1.42. The monoisotopic (exact) mass is 648 g/mol. The molecule has 5 aliphatic carbocycles. The third-order valence-corrected chi connectivity index (χ3v) is 13.1. The summed E-state index contributed by atoms with van der Waals surface area (Å²) in [5, 5.41) is 3.30. The smallest absolute Gasteiger partial charge is 0.0454 e. The summed E-state index contributed by atoms with van der Waals surface area (Å²) in [6.45, 7) is 0. The molecule has 6 aliphatic rings. The Hall–Kier alpha value is -4.59. The second-order valence-electron chi connectivity index (χ2n) is 14.3. The zero-order valence-electron chi connectivity index (χ0n) is 27.8. The Morgan fingerprint density at radius 1 is 0.612 bits per heavy atom. The maximum Gasteiger partial charge on any atom is 0.0454 e. The average molecular weight is 649 g/mol. The molecular weight excluding hydrogens is 609 g/mol. The lowest BCUT2D eigenvalue weighted by molar-refractivity contribution is 0.767. The van der Waals surface area contributed by atoms with Gasteiger partial charge in [0, 0.05) is 27.9 Å². The Balaban J connectivity index is 1.06. The molecular formula is C48H40S. The van der Waals surface area contributed by atoms with Crippen molar-refractivity contribution >= 4 is 40.3 Å². The Bertz CT molecular complexity index is 2280. The molecule has 1 heteroatoms. The van der Waals surface area contributed by atoms with E-state index < -0.39 is 0 Å². The number of benzene rings is 4. The topological polar surface area (TPSA) is 0 Å². The predicted molar refractivity (Wildman–Crippen MR) is 211 cm³/mol. The largest absolute Gasteiger partial charge is 0.116 e. The van der Waals surface area contributed by atoms with Crippen LogP contribution in [0.4, 0.5) is 0 Å². The van der Waals surface area contributed by atoms with Crippen molar-refractivity contribution in [2.24, 2.45) is 5.92 Å². The lowest BCUT2D eigenvalue weighted by Crippen LogP contribution is -2.19. The van der Waals surface area contributed by atoms with Crippen LogP contribution in [0.5, 0.6) is 0 Å². The highest BCUT2D eigenvalue weighted by Crippen LogP contribution is 2.53. The van der Waals surface area contributed by atoms with Crippen LogP contribution in [0.15, 0.2) is 144 Å². The van der Waals surface area contributed by atoms with Crippen molar-refractivity contribution in [3.8, 4) is 11.1 Å². The van der Waals surface area contributed by atoms with Crippen LogP contribution in [0.1, 0.15) is 76.5 Å². The Labute approximate surface area is 294 Å². The number of hydrogen-bond donors (Lipinski definition) is 0. The van der Waals surface area contributed by atoms with Crippen molar-refractivity contribution in [3.63, 3.8) is 0 Å². The molecule has 0 N–H and O–H groups in total. The maximum atomic E-state index is 2.57. The minimum atomic E-state index is 0.379. The van der Waals surface area contributed by atoms with E-state index in [0.29, 0.717) is 23.0 Å². The average Bonchev–Trinajstić information content (AvgIpc) is 3.56. The second kappa shape index (κ2) is 12.1. The van der Waals surface area contributed by atoms with E-state index in [1.807, 2.05) is 11.8 Å². The van der Waals surface area contributed by atoms with Crippen LogP contribution < -0.4 is 0 Å². The summed E-state index contributed by atoms with van der Waals surface area (Å²) in [5.74, 6) is 1.24. The van der Waals surface area contributed by atoms with Crippen molar-refractivity contribution < 1.29 is 0 Å². The molecule has 0 spiro atoms. The van der Waals surface area contributed by atoms with Gasteiger partial charge in [-0.15, -0.1) is 11.8 Å². The molecule has 0 amide bonds. The van der Waals surface area contributed by atoms with Gasteiger partial charge in [-0.1, -0.05) is 140 Å². The van der Waals surface area contributed by atoms with E-state index >= 15 is 0 Å². The lowest BCUT2D eigenvalue weighted by atomic mass is 9.74. The van der Waals surface area contributed by atoms with Crippen LogP contribution in [0, 0.1) is 5.92 Å². The molecule has 49 heavy (non-hydrogen) atoms. The van der Waals surface area contributed by atoms with Crippen LogP contribution in [-0.4, -0.2) is 5.25 Å². The third-order valence-electron chi connectivity index (χ3n) is 11.7. The summed E-state index contributed by atoms with van der Waals surface area (Å²) in [5.41, 5.74) is 16.3. The van der Waals surface area contributed by atoms with Crippen molar-refractivity contribution in [1.82, 2.24) is 0 Å². The zero-order valence-corrected chi connectivity index (χ0v) is 28.6. The number of allylic oxidation sites excluding steroid dienone is 13. The quantitative estimate of drug-likeness (QED) is 0.212. The summed E-state index contributed by atoms with van der Waals surface area (Å²) in [6.07, 6.45) is 40.0. The van der Waals surface area contributed by atoms with Crippen molar-refractivity contribution in [2.75, 3.05) is 0 Å². The van der Waals surface area contributed by atoms with Gasteiger partial charge in [0.2, 0.25) is 0 Å². The molecule has 0 fully saturated rings. The minimum absolute atomic E-state index is 0.379. The number of rotatable bonds is 4. The normalized spacial score (nSPS) is 24.3. The van der Waals surface area contributed by atoms with Crippen molar-refractivity contribution in [2.45, 2.75) is 60.5 Å². The van der Waals surface area contributed by atoms with Crippen LogP contribution >= 0.6 is 11.8 Å². The first kappa shape index (κ1) is 29.3. The molecule has 4 aromatic carbocycles. The maximum absolute atomic E-state index is 2.57. The number of fused-ring (bicyclic) bond motifs is 6. The van der Waals surface area contributed by atoms with Crippen molar-refractivity contribution in [1.29, 1.82) is 0 Å². The van der Waals surface area contributed by atoms with Gasteiger partial charge in [-0.3, -0.25) is 0 Å². The van der Waals surface area contributed by atoms with Gasteiger partial charge < -0.3 is 0 Å². The fraction of sp³-hybridized carbons (Fsp3) is 0.208. The molecule has 238 valence electrons. The Kier molecular flexibility index (Phi) is 7.23. The first-order chi connectivity index (χ1) is 24.3. The lowest BCUT2D eigenvalue weighted by Gasteiger charge is -2.31. The third kappa shape index (κ3) is 4.81. The molecule has 0 nitrogen and oxygen atoms in total. The molecule has 10 rings (SSSR count). The van der Waals surface area contributed by atoms with Crippen LogP contribution in [-0.2, 0) is 12.8 Å². The van der Waals surface area contributed by atoms with E-state index in [4.69, 9.17) is 0 Å². The molecule has 0 aromatic heterocycles. The highest BCUT2D eigenvalue weighted by molar-refractivity contribution is 8.01. The fourth-order valence-electron chi connectivity index (χ4n) is 9.46. The molecule has 0 bridgehead atoms. The van der Waals surface area contributed by atoms with Gasteiger partial charge in [-0.2, -0.15) is 0 Å². The first-order valence-corrected chi connectivity index (χ1v) is 19.1. The van der Waals surface area contributed by atoms with E-state index in [2.05, 4.69) is 146 Å². The molecule has 0 saturated heterocycles. The van der Waals surface area contributed by atoms with E-state index in [-0.39, 0.29) is 0 Å². The summed E-state index contributed by atoms with van der Waals surface area (Å²) < 4.78 is 0. The molecule has 4 unspecified atom stereocenters. The van der Waals surface area contributed by atoms with Gasteiger partial charge in [0.25, 0.3) is 0 Å². The summed E-state index contributed by atoms with van der Waals surface area (Å²) in [7, 11) is 0. The van der Waals surface area contributed by atoms with Gasteiger partial charge >= 0.3 is 0 Å². The highest BCUT2D eigenvalue weighted by atomic mass is 32.2. The minimum Gasteiger partial charge on any atom is -0.116 e. The number of thioether (sulfide) groups is 1. The van der Waals surface area contributed by atoms with Gasteiger partial charge in [-0.25, -0.2) is 0 Å². The SMILES string of the molecule is C1=CCC(c2ccc(-c3c4c(c(C5C=CC(C6C=CC=C7c8ccccc8SC76)=CC5)c5ccccc35)CCC=C4)c3c2C=CCC3)C=C1. The molecule has 4 aromatic rings. The standard InChI is InChI=1S/C48H40S/c1-2-13-31(14-3-1)34-29-30-43(37-16-5-4-15-36(34)37)47-41-20-8-6-18-39(41)46(40-19-7-9-21-42(40)47)33-27-25-32(26-28-33)35-22-12-23-44-38-17-10-11-24-45(38)49-48(35)44/h1-4,6,8-13,15,17-18,20-27,29-31,33,35,48H,5,7,14,16,19,28H2. The highest BCUT2D eigenvalue weighted by Gasteiger charge is 2.36. The van der Waals surface area contributed by atoms with Crippen molar-refractivity contribution in [3.05, 3.63) is 178 Å². The molecule has 1 aliphatic heterocycles. The van der Waals surface area contributed by atoms with E-state index in [1.54, 1.807) is 11.1 Å². The second-order valence-corrected chi connectivity index (χ2v) is 15.5. The van der Waals surface area contributed by atoms with Crippen LogP contribution in [0.2, 0.25) is 0 Å². The molecule has 0 saturated carbocycles. The molecule has 0 radical (unpaired) electrons. The molecule has 1 heterocycles.